The van der Waals surface area contributed by atoms with E-state index in [1.807, 2.05) is 6.92 Å². The second-order valence-electron chi connectivity index (χ2n) is 3.35. The average molecular weight is 251 g/mol. The Balaban J connectivity index is 2.70. The van der Waals surface area contributed by atoms with Gasteiger partial charge in [-0.2, -0.15) is 5.10 Å². The monoisotopic (exact) mass is 250 g/mol. The first-order valence-corrected chi connectivity index (χ1v) is 7.13. The van der Waals surface area contributed by atoms with E-state index < -0.39 is 9.84 Å². The number of nitrogens with zero attached hydrogens (tertiary/aromatic N) is 2. The van der Waals surface area contributed by atoms with Crippen LogP contribution in [0.5, 0.6) is 0 Å². The van der Waals surface area contributed by atoms with Crippen molar-refractivity contribution in [1.82, 2.24) is 9.78 Å². The second-order valence-corrected chi connectivity index (χ2v) is 6.09. The number of aromatic nitrogens is 2. The van der Waals surface area contributed by atoms with Crippen molar-refractivity contribution in [1.29, 1.82) is 0 Å². The number of rotatable bonds is 5. The maximum atomic E-state index is 11.3. The number of sulfone groups is 1. The van der Waals surface area contributed by atoms with Crippen LogP contribution in [-0.2, 0) is 22.3 Å². The maximum Gasteiger partial charge on any atom is 0.151 e. The van der Waals surface area contributed by atoms with Crippen LogP contribution in [0.3, 0.4) is 0 Å². The number of hydrogen-bond acceptors (Lipinski definition) is 3. The molecule has 1 aromatic heterocycles. The van der Waals surface area contributed by atoms with Gasteiger partial charge >= 0.3 is 0 Å². The van der Waals surface area contributed by atoms with Crippen molar-refractivity contribution in [3.8, 4) is 0 Å². The van der Waals surface area contributed by atoms with E-state index in [9.17, 15) is 8.42 Å². The van der Waals surface area contributed by atoms with Crippen molar-refractivity contribution in [2.75, 3.05) is 11.5 Å². The van der Waals surface area contributed by atoms with Gasteiger partial charge in [-0.25, -0.2) is 8.42 Å². The minimum absolute atomic E-state index is 0.133. The summed E-state index contributed by atoms with van der Waals surface area (Å²) in [5.41, 5.74) is 1.89. The highest BCUT2D eigenvalue weighted by molar-refractivity contribution is 7.91. The second kappa shape index (κ2) is 4.99. The molecule has 0 aliphatic heterocycles. The summed E-state index contributed by atoms with van der Waals surface area (Å²) in [6, 6.07) is 0. The molecule has 0 aliphatic carbocycles. The first kappa shape index (κ1) is 12.5. The Bertz CT molecular complexity index is 425. The van der Waals surface area contributed by atoms with Gasteiger partial charge in [-0.15, -0.1) is 11.6 Å². The third-order valence-electron chi connectivity index (χ3n) is 2.40. The van der Waals surface area contributed by atoms with Crippen molar-refractivity contribution in [2.45, 2.75) is 26.3 Å². The SMILES string of the molecule is CCS(=O)(=O)CCn1ncc(CCl)c1C. The number of halogens is 1. The molecule has 4 nitrogen and oxygen atoms in total. The molecule has 0 spiro atoms. The molecule has 0 saturated heterocycles. The van der Waals surface area contributed by atoms with Crippen molar-refractivity contribution in [2.24, 2.45) is 0 Å². The molecule has 86 valence electrons. The number of hydrogen-bond donors (Lipinski definition) is 0. The van der Waals surface area contributed by atoms with Gasteiger partial charge in [-0.3, -0.25) is 4.68 Å². The Labute approximate surface area is 95.2 Å². The summed E-state index contributed by atoms with van der Waals surface area (Å²) in [4.78, 5) is 0. The molecule has 0 amide bonds. The largest absolute Gasteiger partial charge is 0.269 e. The van der Waals surface area contributed by atoms with Gasteiger partial charge in [0.1, 0.15) is 0 Å². The van der Waals surface area contributed by atoms with Gasteiger partial charge in [0.15, 0.2) is 9.84 Å². The highest BCUT2D eigenvalue weighted by atomic mass is 35.5. The Hall–Kier alpha value is -0.550. The molecule has 15 heavy (non-hydrogen) atoms. The summed E-state index contributed by atoms with van der Waals surface area (Å²) in [6.07, 6.45) is 1.68. The first-order chi connectivity index (χ1) is 7.00. The topological polar surface area (TPSA) is 52.0 Å². The quantitative estimate of drug-likeness (QED) is 0.742. The molecule has 0 fully saturated rings. The van der Waals surface area contributed by atoms with Crippen LogP contribution >= 0.6 is 11.6 Å². The van der Waals surface area contributed by atoms with E-state index >= 15 is 0 Å². The maximum absolute atomic E-state index is 11.3. The van der Waals surface area contributed by atoms with Crippen molar-refractivity contribution < 1.29 is 8.42 Å². The van der Waals surface area contributed by atoms with Gasteiger partial charge in [-0.05, 0) is 6.92 Å². The minimum atomic E-state index is -2.93. The van der Waals surface area contributed by atoms with Gasteiger partial charge in [0.25, 0.3) is 0 Å². The van der Waals surface area contributed by atoms with Crippen LogP contribution in [0.15, 0.2) is 6.20 Å². The molecule has 0 saturated carbocycles. The van der Waals surface area contributed by atoms with Gasteiger partial charge in [0.2, 0.25) is 0 Å². The van der Waals surface area contributed by atoms with Gasteiger partial charge in [0.05, 0.1) is 24.4 Å². The lowest BCUT2D eigenvalue weighted by atomic mass is 10.3. The fourth-order valence-electron chi connectivity index (χ4n) is 1.21. The van der Waals surface area contributed by atoms with E-state index in [0.29, 0.717) is 12.4 Å². The third kappa shape index (κ3) is 3.21. The number of alkyl halides is 1. The average Bonchev–Trinajstić information content (AvgIpc) is 2.57. The molecule has 0 atom stereocenters. The molecule has 0 aliphatic rings. The first-order valence-electron chi connectivity index (χ1n) is 4.78. The molecule has 0 unspecified atom stereocenters. The summed E-state index contributed by atoms with van der Waals surface area (Å²) in [6.45, 7) is 3.94. The minimum Gasteiger partial charge on any atom is -0.269 e. The van der Waals surface area contributed by atoms with Gasteiger partial charge in [-0.1, -0.05) is 6.92 Å². The Morgan fingerprint density at radius 1 is 1.53 bits per heavy atom. The zero-order chi connectivity index (χ0) is 11.5. The standard InChI is InChI=1S/C9H15ClN2O2S/c1-3-15(13,14)5-4-12-8(2)9(6-10)7-11-12/h7H,3-6H2,1-2H3. The molecular weight excluding hydrogens is 236 g/mol. The van der Waals surface area contributed by atoms with Crippen LogP contribution in [0, 0.1) is 6.92 Å². The molecule has 0 radical (unpaired) electrons. The molecule has 0 N–H and O–H groups in total. The Kier molecular flexibility index (Phi) is 4.16. The van der Waals surface area contributed by atoms with E-state index in [1.165, 1.54) is 0 Å². The van der Waals surface area contributed by atoms with Crippen LogP contribution in [0.4, 0.5) is 0 Å². The van der Waals surface area contributed by atoms with E-state index in [-0.39, 0.29) is 11.5 Å². The molecule has 0 aromatic carbocycles. The summed E-state index contributed by atoms with van der Waals surface area (Å²) < 4.78 is 24.3. The van der Waals surface area contributed by atoms with Crippen LogP contribution in [0.1, 0.15) is 18.2 Å². The molecule has 1 rings (SSSR count). The van der Waals surface area contributed by atoms with Crippen LogP contribution in [0.2, 0.25) is 0 Å². The fourth-order valence-corrected chi connectivity index (χ4v) is 2.21. The van der Waals surface area contributed by atoms with E-state index in [0.717, 1.165) is 11.3 Å². The predicted octanol–water partition coefficient (Wildman–Crippen LogP) is 1.37. The van der Waals surface area contributed by atoms with Gasteiger partial charge < -0.3 is 0 Å². The molecular formula is C9H15ClN2O2S. The summed E-state index contributed by atoms with van der Waals surface area (Å²) in [5.74, 6) is 0.718. The summed E-state index contributed by atoms with van der Waals surface area (Å²) in [7, 11) is -2.93. The molecule has 1 heterocycles. The molecule has 1 aromatic rings. The van der Waals surface area contributed by atoms with E-state index in [4.69, 9.17) is 11.6 Å². The van der Waals surface area contributed by atoms with E-state index in [2.05, 4.69) is 5.10 Å². The smallest absolute Gasteiger partial charge is 0.151 e. The lowest BCUT2D eigenvalue weighted by Gasteiger charge is -2.04. The highest BCUT2D eigenvalue weighted by Gasteiger charge is 2.10. The van der Waals surface area contributed by atoms with Crippen LogP contribution in [0.25, 0.3) is 0 Å². The van der Waals surface area contributed by atoms with Crippen LogP contribution in [-0.4, -0.2) is 29.7 Å². The van der Waals surface area contributed by atoms with E-state index in [1.54, 1.807) is 17.8 Å². The highest BCUT2D eigenvalue weighted by Crippen LogP contribution is 2.09. The zero-order valence-corrected chi connectivity index (χ0v) is 10.5. The lowest BCUT2D eigenvalue weighted by molar-refractivity contribution is 0.578. The zero-order valence-electron chi connectivity index (χ0n) is 8.90. The Morgan fingerprint density at radius 2 is 2.20 bits per heavy atom. The Morgan fingerprint density at radius 3 is 2.67 bits per heavy atom. The van der Waals surface area contributed by atoms with Crippen molar-refractivity contribution in [3.05, 3.63) is 17.5 Å². The molecule has 0 bridgehead atoms. The van der Waals surface area contributed by atoms with Crippen molar-refractivity contribution in [3.63, 3.8) is 0 Å². The van der Waals surface area contributed by atoms with Gasteiger partial charge in [0, 0.05) is 17.0 Å². The number of aryl methyl sites for hydroxylation is 1. The van der Waals surface area contributed by atoms with Crippen LogP contribution < -0.4 is 0 Å². The summed E-state index contributed by atoms with van der Waals surface area (Å²) >= 11 is 5.69. The lowest BCUT2D eigenvalue weighted by Crippen LogP contribution is -2.16. The van der Waals surface area contributed by atoms with Crippen molar-refractivity contribution >= 4 is 21.4 Å². The third-order valence-corrected chi connectivity index (χ3v) is 4.37. The normalized spacial score (nSPS) is 11.9. The summed E-state index contributed by atoms with van der Waals surface area (Å²) in [5, 5.41) is 4.09. The molecule has 6 heteroatoms. The fraction of sp³-hybridized carbons (Fsp3) is 0.667. The predicted molar refractivity (Wildman–Crippen MR) is 60.8 cm³/mol.